The highest BCUT2D eigenvalue weighted by Gasteiger charge is 2.26. The molecular formula is C19H18N2O5. The van der Waals surface area contributed by atoms with Gasteiger partial charge >= 0.3 is 0 Å². The summed E-state index contributed by atoms with van der Waals surface area (Å²) in [4.78, 5) is 36.0. The summed E-state index contributed by atoms with van der Waals surface area (Å²) in [6, 6.07) is 11.2. The molecule has 2 aromatic rings. The smallest absolute Gasteiger partial charge is 0.269 e. The highest BCUT2D eigenvalue weighted by atomic mass is 16.6. The van der Waals surface area contributed by atoms with Crippen LogP contribution in [0, 0.1) is 10.1 Å². The first-order valence-corrected chi connectivity index (χ1v) is 8.33. The molecule has 7 heteroatoms. The summed E-state index contributed by atoms with van der Waals surface area (Å²) >= 11 is 0. The lowest BCUT2D eigenvalue weighted by Crippen LogP contribution is -2.33. The maximum Gasteiger partial charge on any atom is 0.269 e. The fraction of sp³-hybridized carbons (Fsp3) is 0.263. The lowest BCUT2D eigenvalue weighted by molar-refractivity contribution is -0.384. The number of rotatable bonds is 6. The molecule has 0 aromatic heterocycles. The summed E-state index contributed by atoms with van der Waals surface area (Å²) in [5.41, 5.74) is 2.11. The predicted octanol–water partition coefficient (Wildman–Crippen LogP) is 3.16. The zero-order valence-corrected chi connectivity index (χ0v) is 14.3. The summed E-state index contributed by atoms with van der Waals surface area (Å²) in [6.45, 7) is 2.13. The quantitative estimate of drug-likeness (QED) is 0.451. The number of fused-ring (bicyclic) bond motifs is 1. The molecule has 7 nitrogen and oxygen atoms in total. The Bertz CT molecular complexity index is 861. The number of nitro benzene ring substituents is 1. The molecule has 3 rings (SSSR count). The largest absolute Gasteiger partial charge is 0.484 e. The van der Waals surface area contributed by atoms with E-state index in [-0.39, 0.29) is 24.0 Å². The Kier molecular flexibility index (Phi) is 4.97. The van der Waals surface area contributed by atoms with E-state index in [0.29, 0.717) is 36.4 Å². The third-order valence-corrected chi connectivity index (χ3v) is 4.33. The molecule has 0 aliphatic carbocycles. The molecule has 0 radical (unpaired) electrons. The number of ether oxygens (including phenoxy) is 1. The van der Waals surface area contributed by atoms with E-state index in [9.17, 15) is 19.7 Å². The standard InChI is InChI=1S/C19H18N2O5/c1-2-18(22)13-3-6-16(7-4-13)26-12-19(23)20-10-9-14-11-15(21(24)25)5-8-17(14)20/h3-8,11H,2,9-10,12H2,1H3. The molecule has 1 aliphatic heterocycles. The number of ketones is 1. The van der Waals surface area contributed by atoms with Crippen LogP contribution < -0.4 is 9.64 Å². The van der Waals surface area contributed by atoms with E-state index in [4.69, 9.17) is 4.74 Å². The first kappa shape index (κ1) is 17.6. The number of nitro groups is 1. The molecule has 0 saturated carbocycles. The number of carbonyl (C=O) groups is 2. The highest BCUT2D eigenvalue weighted by molar-refractivity contribution is 5.97. The first-order valence-electron chi connectivity index (χ1n) is 8.33. The number of hydrogen-bond donors (Lipinski definition) is 0. The van der Waals surface area contributed by atoms with E-state index >= 15 is 0 Å². The van der Waals surface area contributed by atoms with Crippen LogP contribution in [0.2, 0.25) is 0 Å². The van der Waals surface area contributed by atoms with Crippen LogP contribution in [0.5, 0.6) is 5.75 Å². The van der Waals surface area contributed by atoms with Crippen LogP contribution in [0.1, 0.15) is 29.3 Å². The fourth-order valence-corrected chi connectivity index (χ4v) is 2.92. The van der Waals surface area contributed by atoms with Crippen molar-refractivity contribution in [1.29, 1.82) is 0 Å². The summed E-state index contributed by atoms with van der Waals surface area (Å²) < 4.78 is 5.51. The molecule has 1 amide bonds. The molecule has 134 valence electrons. The summed E-state index contributed by atoms with van der Waals surface area (Å²) in [7, 11) is 0. The van der Waals surface area contributed by atoms with Crippen LogP contribution >= 0.6 is 0 Å². The fourth-order valence-electron chi connectivity index (χ4n) is 2.92. The molecule has 1 aliphatic rings. The van der Waals surface area contributed by atoms with Crippen LogP contribution in [0.4, 0.5) is 11.4 Å². The minimum absolute atomic E-state index is 0.0241. The van der Waals surface area contributed by atoms with E-state index in [0.717, 1.165) is 5.56 Å². The summed E-state index contributed by atoms with van der Waals surface area (Å²) in [5.74, 6) is 0.343. The monoisotopic (exact) mass is 354 g/mol. The Hall–Kier alpha value is -3.22. The first-order chi connectivity index (χ1) is 12.5. The number of nitrogens with zero attached hydrogens (tertiary/aromatic N) is 2. The zero-order valence-electron chi connectivity index (χ0n) is 14.3. The number of carbonyl (C=O) groups excluding carboxylic acids is 2. The Balaban J connectivity index is 1.63. The Morgan fingerprint density at radius 1 is 1.19 bits per heavy atom. The van der Waals surface area contributed by atoms with Gasteiger partial charge in [-0.15, -0.1) is 0 Å². The van der Waals surface area contributed by atoms with Crippen molar-refractivity contribution < 1.29 is 19.2 Å². The van der Waals surface area contributed by atoms with Crippen molar-refractivity contribution in [1.82, 2.24) is 0 Å². The maximum absolute atomic E-state index is 12.4. The van der Waals surface area contributed by atoms with Gasteiger partial charge in [-0.1, -0.05) is 6.92 Å². The third-order valence-electron chi connectivity index (χ3n) is 4.33. The molecule has 0 fully saturated rings. The van der Waals surface area contributed by atoms with Crippen LogP contribution in [-0.4, -0.2) is 29.8 Å². The van der Waals surface area contributed by atoms with Gasteiger partial charge in [0.05, 0.1) is 4.92 Å². The van der Waals surface area contributed by atoms with Gasteiger partial charge in [-0.25, -0.2) is 0 Å². The second kappa shape index (κ2) is 7.35. The average molecular weight is 354 g/mol. The van der Waals surface area contributed by atoms with Gasteiger partial charge in [0.25, 0.3) is 11.6 Å². The molecule has 0 N–H and O–H groups in total. The minimum Gasteiger partial charge on any atom is -0.484 e. The van der Waals surface area contributed by atoms with Crippen molar-refractivity contribution in [3.05, 3.63) is 63.7 Å². The van der Waals surface area contributed by atoms with E-state index in [2.05, 4.69) is 0 Å². The summed E-state index contributed by atoms with van der Waals surface area (Å²) in [6.07, 6.45) is 1.02. The zero-order chi connectivity index (χ0) is 18.7. The molecule has 0 unspecified atom stereocenters. The van der Waals surface area contributed by atoms with Gasteiger partial charge in [0.15, 0.2) is 12.4 Å². The van der Waals surface area contributed by atoms with Crippen LogP contribution in [-0.2, 0) is 11.2 Å². The van der Waals surface area contributed by atoms with Gasteiger partial charge < -0.3 is 9.64 Å². The number of amides is 1. The topological polar surface area (TPSA) is 89.8 Å². The van der Waals surface area contributed by atoms with E-state index in [1.54, 1.807) is 42.2 Å². The van der Waals surface area contributed by atoms with Crippen molar-refractivity contribution in [2.45, 2.75) is 19.8 Å². The molecule has 2 aromatic carbocycles. The molecule has 0 spiro atoms. The van der Waals surface area contributed by atoms with Gasteiger partial charge in [0, 0.05) is 36.3 Å². The van der Waals surface area contributed by atoms with E-state index < -0.39 is 4.92 Å². The molecule has 0 saturated heterocycles. The number of hydrogen-bond acceptors (Lipinski definition) is 5. The van der Waals surface area contributed by atoms with Crippen LogP contribution in [0.3, 0.4) is 0 Å². The number of Topliss-reactive ketones (excluding diaryl/α,β-unsaturated/α-hetero) is 1. The van der Waals surface area contributed by atoms with Crippen LogP contribution in [0.25, 0.3) is 0 Å². The molecular weight excluding hydrogens is 336 g/mol. The van der Waals surface area contributed by atoms with Gasteiger partial charge in [0.1, 0.15) is 5.75 Å². The Labute approximate surface area is 150 Å². The van der Waals surface area contributed by atoms with Crippen molar-refractivity contribution >= 4 is 23.1 Å². The Morgan fingerprint density at radius 2 is 1.92 bits per heavy atom. The molecule has 0 bridgehead atoms. The SMILES string of the molecule is CCC(=O)c1ccc(OCC(=O)N2CCc3cc([N+](=O)[O-])ccc32)cc1. The molecule has 0 atom stereocenters. The third kappa shape index (κ3) is 3.56. The van der Waals surface area contributed by atoms with Crippen molar-refractivity contribution in [3.63, 3.8) is 0 Å². The molecule has 26 heavy (non-hydrogen) atoms. The minimum atomic E-state index is -0.444. The van der Waals surface area contributed by atoms with Crippen LogP contribution in [0.15, 0.2) is 42.5 Å². The average Bonchev–Trinajstić information content (AvgIpc) is 3.09. The second-order valence-electron chi connectivity index (χ2n) is 5.96. The normalized spacial score (nSPS) is 12.6. The highest BCUT2D eigenvalue weighted by Crippen LogP contribution is 2.31. The number of anilines is 1. The van der Waals surface area contributed by atoms with Crippen molar-refractivity contribution in [3.8, 4) is 5.75 Å². The van der Waals surface area contributed by atoms with Crippen molar-refractivity contribution in [2.75, 3.05) is 18.1 Å². The van der Waals surface area contributed by atoms with E-state index in [1.807, 2.05) is 0 Å². The van der Waals surface area contributed by atoms with E-state index in [1.165, 1.54) is 12.1 Å². The van der Waals surface area contributed by atoms with Gasteiger partial charge in [-0.3, -0.25) is 19.7 Å². The number of benzene rings is 2. The lowest BCUT2D eigenvalue weighted by atomic mass is 10.1. The lowest BCUT2D eigenvalue weighted by Gasteiger charge is -2.17. The Morgan fingerprint density at radius 3 is 2.58 bits per heavy atom. The summed E-state index contributed by atoms with van der Waals surface area (Å²) in [5, 5.41) is 10.8. The van der Waals surface area contributed by atoms with Gasteiger partial charge in [-0.05, 0) is 42.3 Å². The van der Waals surface area contributed by atoms with Gasteiger partial charge in [0.2, 0.25) is 0 Å². The molecule has 1 heterocycles. The predicted molar refractivity (Wildman–Crippen MR) is 95.7 cm³/mol. The number of non-ortho nitro benzene ring substituents is 1. The van der Waals surface area contributed by atoms with Gasteiger partial charge in [-0.2, -0.15) is 0 Å². The second-order valence-corrected chi connectivity index (χ2v) is 5.96. The maximum atomic E-state index is 12.4. The van der Waals surface area contributed by atoms with Crippen molar-refractivity contribution in [2.24, 2.45) is 0 Å².